The van der Waals surface area contributed by atoms with Gasteiger partial charge in [-0.2, -0.15) is 0 Å². The van der Waals surface area contributed by atoms with Crippen molar-refractivity contribution < 1.29 is 14.3 Å². The number of aromatic nitrogens is 1. The molecule has 0 atom stereocenters. The topological polar surface area (TPSA) is 40.5 Å². The Morgan fingerprint density at radius 2 is 1.70 bits per heavy atom. The first-order chi connectivity index (χ1) is 14.5. The number of carbonyl (C=O) groups excluding carboxylic acids is 1. The molecule has 0 aliphatic carbocycles. The number of esters is 1. The molecule has 0 aliphatic rings. The zero-order valence-electron chi connectivity index (χ0n) is 15.9. The highest BCUT2D eigenvalue weighted by Crippen LogP contribution is 2.39. The van der Waals surface area contributed by atoms with Crippen molar-refractivity contribution in [2.45, 2.75) is 6.54 Å². The van der Waals surface area contributed by atoms with Gasteiger partial charge in [-0.3, -0.25) is 0 Å². The zero-order valence-corrected chi connectivity index (χ0v) is 18.1. The Kier molecular flexibility index (Phi) is 5.91. The summed E-state index contributed by atoms with van der Waals surface area (Å²) in [6.07, 6.45) is 0. The zero-order chi connectivity index (χ0) is 21.3. The van der Waals surface area contributed by atoms with Crippen molar-refractivity contribution in [3.63, 3.8) is 0 Å². The van der Waals surface area contributed by atoms with Crippen LogP contribution in [0.3, 0.4) is 0 Å². The summed E-state index contributed by atoms with van der Waals surface area (Å²) in [7, 11) is 1.34. The smallest absolute Gasteiger partial charge is 0.358 e. The van der Waals surface area contributed by atoms with E-state index in [0.29, 0.717) is 38.5 Å². The largest absolute Gasteiger partial charge is 0.464 e. The van der Waals surface area contributed by atoms with Crippen LogP contribution in [0.1, 0.15) is 16.1 Å². The number of para-hydroxylation sites is 1. The van der Waals surface area contributed by atoms with Crippen LogP contribution in [0.4, 0.5) is 0 Å². The molecule has 0 saturated heterocycles. The molecule has 0 N–H and O–H groups in total. The summed E-state index contributed by atoms with van der Waals surface area (Å²) in [5, 5.41) is 2.13. The van der Waals surface area contributed by atoms with Crippen LogP contribution in [0.5, 0.6) is 11.5 Å². The van der Waals surface area contributed by atoms with Gasteiger partial charge < -0.3 is 14.0 Å². The van der Waals surface area contributed by atoms with Crippen molar-refractivity contribution in [2.75, 3.05) is 7.11 Å². The number of hydrogen-bond acceptors (Lipinski definition) is 3. The molecule has 3 aromatic carbocycles. The van der Waals surface area contributed by atoms with Gasteiger partial charge in [0.1, 0.15) is 5.75 Å². The van der Waals surface area contributed by atoms with E-state index >= 15 is 0 Å². The molecular weight excluding hydrogens is 445 g/mol. The van der Waals surface area contributed by atoms with Crippen molar-refractivity contribution in [2.24, 2.45) is 0 Å². The van der Waals surface area contributed by atoms with Gasteiger partial charge in [-0.15, -0.1) is 0 Å². The van der Waals surface area contributed by atoms with Crippen LogP contribution in [0.2, 0.25) is 15.1 Å². The number of carbonyl (C=O) groups is 1. The van der Waals surface area contributed by atoms with Gasteiger partial charge in [0, 0.05) is 17.0 Å². The molecule has 1 aromatic heterocycles. The summed E-state index contributed by atoms with van der Waals surface area (Å²) in [5.41, 5.74) is 1.93. The maximum Gasteiger partial charge on any atom is 0.358 e. The Morgan fingerprint density at radius 1 is 0.933 bits per heavy atom. The Balaban J connectivity index is 1.93. The van der Waals surface area contributed by atoms with E-state index in [2.05, 4.69) is 0 Å². The van der Waals surface area contributed by atoms with Gasteiger partial charge in [0.15, 0.2) is 11.4 Å². The van der Waals surface area contributed by atoms with Gasteiger partial charge in [0.2, 0.25) is 0 Å². The molecule has 0 fully saturated rings. The molecule has 4 nitrogen and oxygen atoms in total. The number of rotatable bonds is 5. The summed E-state index contributed by atoms with van der Waals surface area (Å²) < 4.78 is 13.0. The number of hydrogen-bond donors (Lipinski definition) is 0. The lowest BCUT2D eigenvalue weighted by molar-refractivity contribution is 0.0586. The number of methoxy groups -OCH3 is 1. The molecule has 0 unspecified atom stereocenters. The molecular formula is C23H16Cl3NO3. The molecule has 1 heterocycles. The van der Waals surface area contributed by atoms with Crippen LogP contribution in [0, 0.1) is 0 Å². The minimum atomic E-state index is -0.520. The van der Waals surface area contributed by atoms with E-state index in [9.17, 15) is 4.79 Å². The third-order valence-electron chi connectivity index (χ3n) is 4.65. The van der Waals surface area contributed by atoms with Gasteiger partial charge in [-0.05, 0) is 48.0 Å². The molecule has 7 heteroatoms. The fourth-order valence-corrected chi connectivity index (χ4v) is 3.78. The molecule has 4 rings (SSSR count). The van der Waals surface area contributed by atoms with Crippen molar-refractivity contribution in [3.8, 4) is 11.5 Å². The van der Waals surface area contributed by atoms with Crippen LogP contribution in [-0.2, 0) is 11.3 Å². The van der Waals surface area contributed by atoms with Gasteiger partial charge in [0.25, 0.3) is 0 Å². The summed E-state index contributed by atoms with van der Waals surface area (Å²) >= 11 is 18.5. The van der Waals surface area contributed by atoms with E-state index in [-0.39, 0.29) is 5.69 Å². The van der Waals surface area contributed by atoms with Crippen LogP contribution in [0.15, 0.2) is 66.7 Å². The Bertz CT molecular complexity index is 1240. The molecule has 0 saturated carbocycles. The average molecular weight is 461 g/mol. The third-order valence-corrected chi connectivity index (χ3v) is 5.62. The maximum atomic E-state index is 12.8. The lowest BCUT2D eigenvalue weighted by atomic mass is 10.2. The quantitative estimate of drug-likeness (QED) is 0.295. The van der Waals surface area contributed by atoms with E-state index in [4.69, 9.17) is 44.3 Å². The van der Waals surface area contributed by atoms with Crippen LogP contribution >= 0.6 is 34.8 Å². The molecule has 152 valence electrons. The van der Waals surface area contributed by atoms with E-state index in [1.807, 2.05) is 47.0 Å². The van der Waals surface area contributed by atoms with Crippen LogP contribution < -0.4 is 4.74 Å². The van der Waals surface area contributed by atoms with E-state index in [0.717, 1.165) is 11.1 Å². The fraction of sp³-hybridized carbons (Fsp3) is 0.0870. The first-order valence-corrected chi connectivity index (χ1v) is 10.2. The first-order valence-electron chi connectivity index (χ1n) is 9.05. The summed E-state index contributed by atoms with van der Waals surface area (Å²) in [4.78, 5) is 12.8. The Hall–Kier alpha value is -2.66. The van der Waals surface area contributed by atoms with Gasteiger partial charge in [0.05, 0.1) is 22.7 Å². The molecule has 0 aliphatic heterocycles. The normalized spacial score (nSPS) is 10.9. The second-order valence-electron chi connectivity index (χ2n) is 6.58. The third kappa shape index (κ3) is 3.99. The highest BCUT2D eigenvalue weighted by molar-refractivity contribution is 6.42. The maximum absolute atomic E-state index is 12.8. The second kappa shape index (κ2) is 8.60. The van der Waals surface area contributed by atoms with Crippen molar-refractivity contribution in [1.82, 2.24) is 4.57 Å². The minimum absolute atomic E-state index is 0.282. The number of nitrogens with zero attached hydrogens (tertiary/aromatic N) is 1. The highest BCUT2D eigenvalue weighted by atomic mass is 35.5. The number of halogens is 3. The Morgan fingerprint density at radius 3 is 2.40 bits per heavy atom. The monoisotopic (exact) mass is 459 g/mol. The molecule has 0 bridgehead atoms. The molecule has 0 radical (unpaired) electrons. The fourth-order valence-electron chi connectivity index (χ4n) is 3.29. The SMILES string of the molecule is COC(=O)c1c(Oc2ccccc2)c2cc(Cl)ccc2n1Cc1ccc(Cl)c(Cl)c1. The molecule has 0 spiro atoms. The number of benzene rings is 3. The summed E-state index contributed by atoms with van der Waals surface area (Å²) in [6.45, 7) is 0.359. The molecule has 0 amide bonds. The van der Waals surface area contributed by atoms with Gasteiger partial charge in [-0.1, -0.05) is 59.1 Å². The van der Waals surface area contributed by atoms with E-state index < -0.39 is 5.97 Å². The van der Waals surface area contributed by atoms with Crippen LogP contribution in [-0.4, -0.2) is 17.6 Å². The van der Waals surface area contributed by atoms with Crippen molar-refractivity contribution >= 4 is 51.7 Å². The molecule has 30 heavy (non-hydrogen) atoms. The predicted octanol–water partition coefficient (Wildman–Crippen LogP) is 7.23. The van der Waals surface area contributed by atoms with E-state index in [1.165, 1.54) is 7.11 Å². The Labute approximate surface area is 188 Å². The first kappa shape index (κ1) is 20.6. The highest BCUT2D eigenvalue weighted by Gasteiger charge is 2.26. The lowest BCUT2D eigenvalue weighted by Gasteiger charge is -2.12. The second-order valence-corrected chi connectivity index (χ2v) is 7.83. The van der Waals surface area contributed by atoms with Gasteiger partial charge in [-0.25, -0.2) is 4.79 Å². The average Bonchev–Trinajstić information content (AvgIpc) is 3.03. The summed E-state index contributed by atoms with van der Waals surface area (Å²) in [5.74, 6) is 0.454. The van der Waals surface area contributed by atoms with E-state index in [1.54, 1.807) is 24.3 Å². The van der Waals surface area contributed by atoms with Gasteiger partial charge >= 0.3 is 5.97 Å². The molecule has 4 aromatic rings. The number of fused-ring (bicyclic) bond motifs is 1. The predicted molar refractivity (Wildman–Crippen MR) is 120 cm³/mol. The van der Waals surface area contributed by atoms with Crippen molar-refractivity contribution in [3.05, 3.63) is 93.1 Å². The van der Waals surface area contributed by atoms with Crippen LogP contribution in [0.25, 0.3) is 10.9 Å². The minimum Gasteiger partial charge on any atom is -0.464 e. The summed E-state index contributed by atoms with van der Waals surface area (Å²) in [6, 6.07) is 20.0. The lowest BCUT2D eigenvalue weighted by Crippen LogP contribution is -2.12. The van der Waals surface area contributed by atoms with Crippen molar-refractivity contribution in [1.29, 1.82) is 0 Å². The number of ether oxygens (including phenoxy) is 2. The standard InChI is InChI=1S/C23H16Cl3NO3/c1-29-23(28)21-22(30-16-5-3-2-4-6-16)17-12-15(24)8-10-20(17)27(21)13-14-7-9-18(25)19(26)11-14/h2-12H,13H2,1H3.